The average molecular weight is 503 g/mol. The van der Waals surface area contributed by atoms with Crippen LogP contribution in [-0.4, -0.2) is 40.9 Å². The standard InChI is InChI=1S/C14H12O3.C13H10N2O3S/c1-17-11-7-8-12(13(15)9-11)14(16)10-5-3-2-4-6-10;16-19(17,18)10-6-7-11-12(8-10)15-13(14-11)9-4-2-1-3-5-9/h2-9,15H,1H3;1-8H,(H,14,15)(H,16,17,18). The number of ether oxygens (including phenoxy) is 1. The molecule has 182 valence electrons. The van der Waals surface area contributed by atoms with E-state index >= 15 is 0 Å². The topological polar surface area (TPSA) is 130 Å². The van der Waals surface area contributed by atoms with Gasteiger partial charge in [-0.1, -0.05) is 60.7 Å². The molecule has 0 radical (unpaired) electrons. The van der Waals surface area contributed by atoms with E-state index in [2.05, 4.69) is 9.97 Å². The number of carbonyl (C=O) groups is 1. The highest BCUT2D eigenvalue weighted by molar-refractivity contribution is 7.85. The second-order valence-corrected chi connectivity index (χ2v) is 9.11. The van der Waals surface area contributed by atoms with Gasteiger partial charge in [0, 0.05) is 17.2 Å². The summed E-state index contributed by atoms with van der Waals surface area (Å²) in [6, 6.07) is 27.2. The highest BCUT2D eigenvalue weighted by atomic mass is 32.2. The molecule has 5 rings (SSSR count). The van der Waals surface area contributed by atoms with E-state index < -0.39 is 10.1 Å². The van der Waals surface area contributed by atoms with Gasteiger partial charge in [-0.05, 0) is 30.3 Å². The Bertz CT molecular complexity index is 1610. The van der Waals surface area contributed by atoms with Gasteiger partial charge < -0.3 is 14.8 Å². The lowest BCUT2D eigenvalue weighted by Gasteiger charge is -2.06. The molecule has 1 aromatic heterocycles. The molecule has 0 amide bonds. The van der Waals surface area contributed by atoms with Crippen LogP contribution in [0.4, 0.5) is 0 Å². The number of phenolic OH excluding ortho intramolecular Hbond substituents is 1. The van der Waals surface area contributed by atoms with Gasteiger partial charge in [-0.3, -0.25) is 9.35 Å². The van der Waals surface area contributed by atoms with Crippen molar-refractivity contribution in [3.8, 4) is 22.9 Å². The number of phenols is 1. The van der Waals surface area contributed by atoms with E-state index in [0.717, 1.165) is 5.56 Å². The third-order valence-corrected chi connectivity index (χ3v) is 6.13. The average Bonchev–Trinajstić information content (AvgIpc) is 3.33. The van der Waals surface area contributed by atoms with Crippen LogP contribution in [0.5, 0.6) is 11.5 Å². The molecule has 0 aliphatic rings. The lowest BCUT2D eigenvalue weighted by Crippen LogP contribution is -2.01. The zero-order valence-electron chi connectivity index (χ0n) is 19.1. The summed E-state index contributed by atoms with van der Waals surface area (Å²) < 4.78 is 36.1. The van der Waals surface area contributed by atoms with E-state index in [1.807, 2.05) is 36.4 Å². The number of aromatic hydroxyl groups is 1. The number of aromatic amines is 1. The summed E-state index contributed by atoms with van der Waals surface area (Å²) in [5.74, 6) is 0.902. The summed E-state index contributed by atoms with van der Waals surface area (Å²) in [6.45, 7) is 0. The first-order valence-electron chi connectivity index (χ1n) is 10.8. The van der Waals surface area contributed by atoms with Crippen LogP contribution in [0.1, 0.15) is 15.9 Å². The molecule has 9 heteroatoms. The molecule has 8 nitrogen and oxygen atoms in total. The smallest absolute Gasteiger partial charge is 0.294 e. The number of nitrogens with one attached hydrogen (secondary N) is 1. The number of H-pyrrole nitrogens is 1. The van der Waals surface area contributed by atoms with Crippen LogP contribution < -0.4 is 4.74 Å². The molecular weight excluding hydrogens is 480 g/mol. The van der Waals surface area contributed by atoms with E-state index in [4.69, 9.17) is 9.29 Å². The van der Waals surface area contributed by atoms with Crippen molar-refractivity contribution in [3.63, 3.8) is 0 Å². The Morgan fingerprint density at radius 2 is 1.56 bits per heavy atom. The van der Waals surface area contributed by atoms with Gasteiger partial charge in [0.1, 0.15) is 17.3 Å². The molecule has 0 saturated carbocycles. The summed E-state index contributed by atoms with van der Waals surface area (Å²) in [6.07, 6.45) is 0. The zero-order valence-corrected chi connectivity index (χ0v) is 19.9. The number of hydrogen-bond donors (Lipinski definition) is 3. The van der Waals surface area contributed by atoms with Crippen LogP contribution in [-0.2, 0) is 10.1 Å². The van der Waals surface area contributed by atoms with Crippen molar-refractivity contribution in [1.29, 1.82) is 0 Å². The molecule has 1 heterocycles. The van der Waals surface area contributed by atoms with Gasteiger partial charge in [0.15, 0.2) is 5.78 Å². The van der Waals surface area contributed by atoms with Gasteiger partial charge in [-0.15, -0.1) is 0 Å². The van der Waals surface area contributed by atoms with Gasteiger partial charge in [0.05, 0.1) is 28.6 Å². The quantitative estimate of drug-likeness (QED) is 0.225. The highest BCUT2D eigenvalue weighted by Gasteiger charge is 2.14. The van der Waals surface area contributed by atoms with E-state index in [9.17, 15) is 18.3 Å². The minimum Gasteiger partial charge on any atom is -0.507 e. The zero-order chi connectivity index (χ0) is 25.7. The second kappa shape index (κ2) is 10.4. The fourth-order valence-corrected chi connectivity index (χ4v) is 3.96. The van der Waals surface area contributed by atoms with Crippen molar-refractivity contribution in [1.82, 2.24) is 9.97 Å². The number of carbonyl (C=O) groups excluding carboxylic acids is 1. The van der Waals surface area contributed by atoms with Crippen molar-refractivity contribution in [2.24, 2.45) is 0 Å². The molecule has 0 atom stereocenters. The molecular formula is C27H22N2O6S. The first kappa shape index (κ1) is 24.6. The Morgan fingerprint density at radius 3 is 2.17 bits per heavy atom. The van der Waals surface area contributed by atoms with Gasteiger partial charge in [0.25, 0.3) is 10.1 Å². The molecule has 5 aromatic rings. The van der Waals surface area contributed by atoms with Gasteiger partial charge in [0.2, 0.25) is 0 Å². The third kappa shape index (κ3) is 5.60. The second-order valence-electron chi connectivity index (χ2n) is 7.68. The predicted octanol–water partition coefficient (Wildman–Crippen LogP) is 5.11. The maximum absolute atomic E-state index is 12.1. The molecule has 4 aromatic carbocycles. The summed E-state index contributed by atoms with van der Waals surface area (Å²) in [4.78, 5) is 19.3. The van der Waals surface area contributed by atoms with Crippen LogP contribution in [0, 0.1) is 0 Å². The summed E-state index contributed by atoms with van der Waals surface area (Å²) >= 11 is 0. The number of nitrogens with zero attached hydrogens (tertiary/aromatic N) is 1. The molecule has 0 unspecified atom stereocenters. The van der Waals surface area contributed by atoms with Crippen LogP contribution >= 0.6 is 0 Å². The lowest BCUT2D eigenvalue weighted by molar-refractivity contribution is 0.103. The monoisotopic (exact) mass is 502 g/mol. The van der Waals surface area contributed by atoms with Crippen molar-refractivity contribution < 1.29 is 27.6 Å². The molecule has 0 bridgehead atoms. The molecule has 0 aliphatic carbocycles. The predicted molar refractivity (Wildman–Crippen MR) is 136 cm³/mol. The van der Waals surface area contributed by atoms with Crippen molar-refractivity contribution in [2.75, 3.05) is 7.11 Å². The normalized spacial score (nSPS) is 10.9. The first-order valence-corrected chi connectivity index (χ1v) is 12.2. The third-order valence-electron chi connectivity index (χ3n) is 5.28. The Balaban J connectivity index is 0.000000170. The summed E-state index contributed by atoms with van der Waals surface area (Å²) in [5, 5.41) is 9.75. The Morgan fingerprint density at radius 1 is 0.889 bits per heavy atom. The van der Waals surface area contributed by atoms with Crippen LogP contribution in [0.2, 0.25) is 0 Å². The first-order chi connectivity index (χ1) is 17.3. The molecule has 36 heavy (non-hydrogen) atoms. The van der Waals surface area contributed by atoms with Crippen molar-refractivity contribution in [3.05, 3.63) is 108 Å². The number of fused-ring (bicyclic) bond motifs is 1. The minimum atomic E-state index is -4.20. The summed E-state index contributed by atoms with van der Waals surface area (Å²) in [7, 11) is -2.69. The SMILES string of the molecule is COc1ccc(C(=O)c2ccccc2)c(O)c1.O=S(=O)(O)c1ccc2nc(-c3ccccc3)[nH]c2c1. The van der Waals surface area contributed by atoms with Gasteiger partial charge in [-0.2, -0.15) is 8.42 Å². The maximum Gasteiger partial charge on any atom is 0.294 e. The van der Waals surface area contributed by atoms with E-state index in [1.54, 1.807) is 42.5 Å². The largest absolute Gasteiger partial charge is 0.507 e. The number of ketones is 1. The molecule has 0 aliphatic heterocycles. The maximum atomic E-state index is 12.1. The fraction of sp³-hybridized carbons (Fsp3) is 0.0370. The van der Waals surface area contributed by atoms with Gasteiger partial charge in [-0.25, -0.2) is 4.98 Å². The number of hydrogen-bond acceptors (Lipinski definition) is 6. The number of methoxy groups -OCH3 is 1. The van der Waals surface area contributed by atoms with E-state index in [1.165, 1.54) is 25.3 Å². The van der Waals surface area contributed by atoms with Crippen molar-refractivity contribution in [2.45, 2.75) is 4.90 Å². The van der Waals surface area contributed by atoms with E-state index in [0.29, 0.717) is 28.2 Å². The Kier molecular flexibility index (Phi) is 7.14. The van der Waals surface area contributed by atoms with Gasteiger partial charge >= 0.3 is 0 Å². The van der Waals surface area contributed by atoms with Crippen LogP contribution in [0.15, 0.2) is 102 Å². The molecule has 0 spiro atoms. The Hall–Kier alpha value is -4.47. The van der Waals surface area contributed by atoms with E-state index in [-0.39, 0.29) is 22.0 Å². The van der Waals surface area contributed by atoms with Crippen molar-refractivity contribution >= 4 is 26.9 Å². The highest BCUT2D eigenvalue weighted by Crippen LogP contribution is 2.25. The van der Waals surface area contributed by atoms with Crippen LogP contribution in [0.25, 0.3) is 22.4 Å². The van der Waals surface area contributed by atoms with Crippen LogP contribution in [0.3, 0.4) is 0 Å². The number of benzene rings is 4. The minimum absolute atomic E-state index is 0.0711. The Labute approximate surface area is 207 Å². The number of imidazole rings is 1. The lowest BCUT2D eigenvalue weighted by atomic mass is 10.0. The molecule has 0 fully saturated rings. The summed E-state index contributed by atoms with van der Waals surface area (Å²) in [5.41, 5.74) is 2.94. The number of aromatic nitrogens is 2. The fourth-order valence-electron chi connectivity index (χ4n) is 3.46. The molecule has 3 N–H and O–H groups in total. The number of rotatable bonds is 5. The molecule has 0 saturated heterocycles.